The molecular weight excluding hydrogens is 491 g/mol. The first-order valence-corrected chi connectivity index (χ1v) is 11.0. The number of thioether (sulfide) groups is 1. The second kappa shape index (κ2) is 9.30. The number of nitrogens with zero attached hydrogens (tertiary/aromatic N) is 2. The molecule has 4 rings (SSSR count). The molecule has 1 saturated heterocycles. The Morgan fingerprint density at radius 2 is 1.94 bits per heavy atom. The van der Waals surface area contributed by atoms with E-state index in [2.05, 4.69) is 0 Å². The number of nitro groups is 1. The van der Waals surface area contributed by atoms with E-state index in [0.29, 0.717) is 32.7 Å². The summed E-state index contributed by atoms with van der Waals surface area (Å²) in [5.74, 6) is 0.521. The monoisotopic (exact) mass is 504 g/mol. The van der Waals surface area contributed by atoms with E-state index in [1.165, 1.54) is 31.4 Å². The van der Waals surface area contributed by atoms with Gasteiger partial charge < -0.3 is 9.15 Å². The summed E-state index contributed by atoms with van der Waals surface area (Å²) in [6.45, 7) is 0.0153. The maximum atomic E-state index is 12.8. The lowest BCUT2D eigenvalue weighted by Crippen LogP contribution is -2.27. The van der Waals surface area contributed by atoms with Crippen LogP contribution in [0.25, 0.3) is 17.4 Å². The van der Waals surface area contributed by atoms with Crippen LogP contribution < -0.4 is 4.74 Å². The molecule has 1 aromatic heterocycles. The molecule has 0 radical (unpaired) electrons. The van der Waals surface area contributed by atoms with Gasteiger partial charge in [0, 0.05) is 22.2 Å². The Balaban J connectivity index is 1.57. The third-order valence-corrected chi connectivity index (χ3v) is 6.27. The van der Waals surface area contributed by atoms with Crippen molar-refractivity contribution in [3.8, 4) is 17.1 Å². The summed E-state index contributed by atoms with van der Waals surface area (Å²) < 4.78 is 11.0. The summed E-state index contributed by atoms with van der Waals surface area (Å²) in [7, 11) is 1.40. The smallest absolute Gasteiger partial charge is 0.293 e. The van der Waals surface area contributed by atoms with Crippen LogP contribution in [0, 0.1) is 10.1 Å². The molecule has 0 saturated carbocycles. The lowest BCUT2D eigenvalue weighted by molar-refractivity contribution is -0.384. The van der Waals surface area contributed by atoms with Gasteiger partial charge in [0.15, 0.2) is 0 Å². The number of ether oxygens (including phenoxy) is 1. The SMILES string of the molecule is COc1cc([N+](=O)[O-])ccc1-c1ccc(/C=C2\SC(=O)N(Cc3ccc(Cl)cc3Cl)C2=O)o1. The van der Waals surface area contributed by atoms with Crippen molar-refractivity contribution in [2.24, 2.45) is 0 Å². The first kappa shape index (κ1) is 22.9. The molecule has 3 aromatic rings. The van der Waals surface area contributed by atoms with Gasteiger partial charge in [-0.25, -0.2) is 0 Å². The van der Waals surface area contributed by atoms with Crippen LogP contribution >= 0.6 is 35.0 Å². The minimum Gasteiger partial charge on any atom is -0.496 e. The fraction of sp³-hybridized carbons (Fsp3) is 0.0909. The van der Waals surface area contributed by atoms with Crippen LogP contribution in [0.15, 0.2) is 57.9 Å². The van der Waals surface area contributed by atoms with Crippen LogP contribution in [-0.2, 0) is 11.3 Å². The topological polar surface area (TPSA) is 103 Å². The van der Waals surface area contributed by atoms with Gasteiger partial charge in [-0.05, 0) is 47.7 Å². The Morgan fingerprint density at radius 3 is 2.64 bits per heavy atom. The van der Waals surface area contributed by atoms with Crippen molar-refractivity contribution in [2.75, 3.05) is 7.11 Å². The van der Waals surface area contributed by atoms with Crippen LogP contribution in [0.1, 0.15) is 11.3 Å². The average Bonchev–Trinajstić information content (AvgIpc) is 3.35. The number of hydrogen-bond acceptors (Lipinski definition) is 7. The van der Waals surface area contributed by atoms with Crippen molar-refractivity contribution >= 4 is 57.9 Å². The first-order chi connectivity index (χ1) is 15.8. The van der Waals surface area contributed by atoms with Crippen molar-refractivity contribution in [1.82, 2.24) is 4.90 Å². The van der Waals surface area contributed by atoms with Crippen LogP contribution in [0.3, 0.4) is 0 Å². The Labute approximate surface area is 201 Å². The molecule has 0 aliphatic carbocycles. The lowest BCUT2D eigenvalue weighted by atomic mass is 10.1. The Hall–Kier alpha value is -3.27. The predicted octanol–water partition coefficient (Wildman–Crippen LogP) is 6.41. The van der Waals surface area contributed by atoms with E-state index >= 15 is 0 Å². The zero-order valence-corrected chi connectivity index (χ0v) is 19.2. The normalized spacial score (nSPS) is 14.9. The van der Waals surface area contributed by atoms with Gasteiger partial charge in [-0.1, -0.05) is 29.3 Å². The summed E-state index contributed by atoms with van der Waals surface area (Å²) in [4.78, 5) is 37.0. The summed E-state index contributed by atoms with van der Waals surface area (Å²) in [6, 6.07) is 12.3. The highest BCUT2D eigenvalue weighted by atomic mass is 35.5. The van der Waals surface area contributed by atoms with Crippen molar-refractivity contribution in [3.63, 3.8) is 0 Å². The minimum atomic E-state index is -0.521. The Morgan fingerprint density at radius 1 is 1.15 bits per heavy atom. The molecule has 2 aromatic carbocycles. The summed E-state index contributed by atoms with van der Waals surface area (Å²) in [5, 5.41) is 11.4. The number of carbonyl (C=O) groups is 2. The van der Waals surface area contributed by atoms with Gasteiger partial charge in [-0.3, -0.25) is 24.6 Å². The van der Waals surface area contributed by atoms with Crippen LogP contribution in [0.4, 0.5) is 10.5 Å². The number of rotatable bonds is 6. The van der Waals surface area contributed by atoms with E-state index < -0.39 is 16.1 Å². The van der Waals surface area contributed by atoms with Crippen LogP contribution in [0.5, 0.6) is 5.75 Å². The lowest BCUT2D eigenvalue weighted by Gasteiger charge is -2.13. The average molecular weight is 505 g/mol. The summed E-state index contributed by atoms with van der Waals surface area (Å²) in [5.41, 5.74) is 0.986. The Bertz CT molecular complexity index is 1320. The van der Waals surface area contributed by atoms with Crippen LogP contribution in [-0.4, -0.2) is 28.1 Å². The zero-order chi connectivity index (χ0) is 23.7. The van der Waals surface area contributed by atoms with Crippen molar-refractivity contribution < 1.29 is 23.7 Å². The molecule has 1 aliphatic rings. The quantitative estimate of drug-likeness (QED) is 0.217. The van der Waals surface area contributed by atoms with Gasteiger partial charge in [0.05, 0.1) is 35.1 Å². The second-order valence-corrected chi connectivity index (χ2v) is 8.68. The number of methoxy groups -OCH3 is 1. The molecule has 0 atom stereocenters. The standard InChI is InChI=1S/C22H14Cl2N2O6S/c1-31-19-9-14(26(29)30)4-6-16(19)18-7-5-15(32-18)10-20-21(27)25(22(28)33-20)11-12-2-3-13(23)8-17(12)24/h2-10H,11H2,1H3/b20-10-. The van der Waals surface area contributed by atoms with Gasteiger partial charge in [0.2, 0.25) is 0 Å². The molecule has 2 amide bonds. The largest absolute Gasteiger partial charge is 0.496 e. The van der Waals surface area contributed by atoms with Gasteiger partial charge >= 0.3 is 0 Å². The molecule has 168 valence electrons. The molecule has 1 aliphatic heterocycles. The number of carbonyl (C=O) groups excluding carboxylic acids is 2. The molecule has 0 spiro atoms. The Kier molecular flexibility index (Phi) is 6.46. The molecule has 0 N–H and O–H groups in total. The number of furan rings is 1. The van der Waals surface area contributed by atoms with Gasteiger partial charge in [0.25, 0.3) is 16.8 Å². The highest BCUT2D eigenvalue weighted by Gasteiger charge is 2.35. The van der Waals surface area contributed by atoms with Gasteiger partial charge in [-0.2, -0.15) is 0 Å². The van der Waals surface area contributed by atoms with Gasteiger partial charge in [0.1, 0.15) is 17.3 Å². The minimum absolute atomic E-state index is 0.0153. The number of halogens is 2. The third kappa shape index (κ3) is 4.75. The van der Waals surface area contributed by atoms with Gasteiger partial charge in [-0.15, -0.1) is 0 Å². The number of hydrogen-bond donors (Lipinski definition) is 0. The maximum absolute atomic E-state index is 12.8. The predicted molar refractivity (Wildman–Crippen MR) is 125 cm³/mol. The zero-order valence-electron chi connectivity index (χ0n) is 16.9. The third-order valence-electron chi connectivity index (χ3n) is 4.78. The van der Waals surface area contributed by atoms with Crippen molar-refractivity contribution in [3.05, 3.63) is 84.9 Å². The number of imide groups is 1. The number of nitro benzene ring substituents is 1. The maximum Gasteiger partial charge on any atom is 0.293 e. The molecule has 33 heavy (non-hydrogen) atoms. The molecule has 0 bridgehead atoms. The number of amides is 2. The van der Waals surface area contributed by atoms with Crippen LogP contribution in [0.2, 0.25) is 10.0 Å². The first-order valence-electron chi connectivity index (χ1n) is 9.38. The molecule has 2 heterocycles. The molecule has 0 unspecified atom stereocenters. The highest BCUT2D eigenvalue weighted by molar-refractivity contribution is 8.18. The highest BCUT2D eigenvalue weighted by Crippen LogP contribution is 2.37. The number of benzene rings is 2. The van der Waals surface area contributed by atoms with E-state index in [1.54, 1.807) is 30.3 Å². The molecule has 11 heteroatoms. The number of non-ortho nitro benzene ring substituents is 1. The van der Waals surface area contributed by atoms with Crippen molar-refractivity contribution in [2.45, 2.75) is 6.54 Å². The van der Waals surface area contributed by atoms with E-state index in [4.69, 9.17) is 32.4 Å². The fourth-order valence-electron chi connectivity index (χ4n) is 3.16. The second-order valence-electron chi connectivity index (χ2n) is 6.85. The van der Waals surface area contributed by atoms with E-state index in [-0.39, 0.29) is 22.9 Å². The van der Waals surface area contributed by atoms with E-state index in [1.807, 2.05) is 0 Å². The van der Waals surface area contributed by atoms with Crippen molar-refractivity contribution in [1.29, 1.82) is 0 Å². The van der Waals surface area contributed by atoms with E-state index in [9.17, 15) is 19.7 Å². The van der Waals surface area contributed by atoms with E-state index in [0.717, 1.165) is 16.7 Å². The molecule has 8 nitrogen and oxygen atoms in total. The summed E-state index contributed by atoms with van der Waals surface area (Å²) >= 11 is 12.9. The molecular formula is C22H14Cl2N2O6S. The molecule has 1 fully saturated rings. The fourth-order valence-corrected chi connectivity index (χ4v) is 4.44. The summed E-state index contributed by atoms with van der Waals surface area (Å²) in [6.07, 6.45) is 1.47.